The molecule has 296 valence electrons. The second-order valence-corrected chi connectivity index (χ2v) is 13.7. The molecule has 4 aliphatic rings. The SMILES string of the molecule is O=C(C[C@H](NC(=O)[C@@H]1C[C@@H](NC(=O)c2cc(F)c3c(c2)B(O)OC3)CN1C(=O)c1cc(F)c2c(c1)B(O)OC2)c1ccc(C(F)(F)F)cc1)ON1C(=O)CCC1=O. The molecule has 0 aromatic heterocycles. The smallest absolute Gasteiger partial charge is 0.423 e. The second kappa shape index (κ2) is 15.3. The Bertz CT molecular complexity index is 2180. The molecule has 2 saturated heterocycles. The van der Waals surface area contributed by atoms with Crippen molar-refractivity contribution in [3.8, 4) is 0 Å². The van der Waals surface area contributed by atoms with Gasteiger partial charge in [-0.3, -0.25) is 24.0 Å². The first-order chi connectivity index (χ1) is 27.0. The molecule has 0 radical (unpaired) electrons. The van der Waals surface area contributed by atoms with Crippen molar-refractivity contribution in [3.63, 3.8) is 0 Å². The van der Waals surface area contributed by atoms with Crippen LogP contribution in [0, 0.1) is 11.6 Å². The Hall–Kier alpha value is -5.70. The van der Waals surface area contributed by atoms with Crippen LogP contribution in [0.5, 0.6) is 0 Å². The van der Waals surface area contributed by atoms with Crippen LogP contribution in [0.3, 0.4) is 0 Å². The zero-order valence-electron chi connectivity index (χ0n) is 29.3. The molecular formula is C35H29B2F5N4O11. The number of halogens is 5. The van der Waals surface area contributed by atoms with Gasteiger partial charge < -0.3 is 39.7 Å². The third kappa shape index (κ3) is 7.98. The van der Waals surface area contributed by atoms with Crippen molar-refractivity contribution >= 4 is 60.7 Å². The van der Waals surface area contributed by atoms with Crippen LogP contribution in [-0.2, 0) is 52.7 Å². The standard InChI is InChI=1S/C35H29B2F5N4O11/c38-25-9-17(7-23-21(25)14-55-36(23)53)32(50)43-20-11-28(45(13-20)34(52)18-8-24-22(26(39)10-18)15-56-37(24)54)33(51)44-27(16-1-3-19(4-2-16)35(40,41)42)12-31(49)57-46-29(47)5-6-30(46)48/h1-4,7-10,20,27-28,53-54H,5-6,11-15H2,(H,43,50)(H,44,51)/t20-,27+,28+/m1/s1. The van der Waals surface area contributed by atoms with Crippen LogP contribution >= 0.6 is 0 Å². The van der Waals surface area contributed by atoms with Crippen molar-refractivity contribution in [2.45, 2.75) is 63.2 Å². The van der Waals surface area contributed by atoms with E-state index in [2.05, 4.69) is 10.6 Å². The fraction of sp³-hybridized carbons (Fsp3) is 0.314. The van der Waals surface area contributed by atoms with Gasteiger partial charge in [0.2, 0.25) is 5.91 Å². The number of hydrogen-bond acceptors (Lipinski definition) is 11. The molecule has 0 spiro atoms. The van der Waals surface area contributed by atoms with Gasteiger partial charge in [-0.05, 0) is 59.3 Å². The van der Waals surface area contributed by atoms with Crippen molar-refractivity contribution in [1.29, 1.82) is 0 Å². The summed E-state index contributed by atoms with van der Waals surface area (Å²) in [5.74, 6) is -7.39. The maximum Gasteiger partial charge on any atom is 0.491 e. The minimum absolute atomic E-state index is 0.000557. The van der Waals surface area contributed by atoms with E-state index in [1.54, 1.807) is 0 Å². The Kier molecular flexibility index (Phi) is 10.6. The van der Waals surface area contributed by atoms with Crippen LogP contribution in [0.15, 0.2) is 48.5 Å². The summed E-state index contributed by atoms with van der Waals surface area (Å²) in [6, 6.07) is 3.48. The number of carbonyl (C=O) groups excluding carboxylic acids is 6. The van der Waals surface area contributed by atoms with E-state index < -0.39 is 104 Å². The average molecular weight is 798 g/mol. The number of nitrogens with zero attached hydrogens (tertiary/aromatic N) is 2. The van der Waals surface area contributed by atoms with Gasteiger partial charge in [-0.1, -0.05) is 12.1 Å². The van der Waals surface area contributed by atoms with E-state index in [4.69, 9.17) is 14.1 Å². The average Bonchev–Trinajstić information content (AvgIpc) is 3.94. The summed E-state index contributed by atoms with van der Waals surface area (Å²) >= 11 is 0. The van der Waals surface area contributed by atoms with E-state index in [9.17, 15) is 56.4 Å². The zero-order chi connectivity index (χ0) is 40.9. The maximum atomic E-state index is 15.1. The zero-order valence-corrected chi connectivity index (χ0v) is 29.3. The van der Waals surface area contributed by atoms with E-state index in [0.717, 1.165) is 29.2 Å². The van der Waals surface area contributed by atoms with Crippen molar-refractivity contribution < 1.29 is 74.9 Å². The summed E-state index contributed by atoms with van der Waals surface area (Å²) in [7, 11) is -3.04. The van der Waals surface area contributed by atoms with Crippen LogP contribution in [0.1, 0.15) is 74.7 Å². The lowest BCUT2D eigenvalue weighted by Gasteiger charge is -2.27. The van der Waals surface area contributed by atoms with Gasteiger partial charge in [0.15, 0.2) is 0 Å². The molecule has 15 nitrogen and oxygen atoms in total. The van der Waals surface area contributed by atoms with Crippen molar-refractivity contribution in [3.05, 3.63) is 93.5 Å². The van der Waals surface area contributed by atoms with Gasteiger partial charge >= 0.3 is 26.4 Å². The number of fused-ring (bicyclic) bond motifs is 2. The normalized spacial score (nSPS) is 19.5. The highest BCUT2D eigenvalue weighted by Crippen LogP contribution is 2.31. The van der Waals surface area contributed by atoms with Crippen molar-refractivity contribution in [1.82, 2.24) is 20.6 Å². The summed E-state index contributed by atoms with van der Waals surface area (Å²) in [5, 5.41) is 25.6. The van der Waals surface area contributed by atoms with Gasteiger partial charge in [0, 0.05) is 47.7 Å². The third-order valence-corrected chi connectivity index (χ3v) is 10.00. The summed E-state index contributed by atoms with van der Waals surface area (Å²) in [5.41, 5.74) is -1.62. The molecule has 0 bridgehead atoms. The quantitative estimate of drug-likeness (QED) is 0.132. The Morgan fingerprint density at radius 3 is 2.02 bits per heavy atom. The first-order valence-corrected chi connectivity index (χ1v) is 17.4. The van der Waals surface area contributed by atoms with Gasteiger partial charge in [-0.25, -0.2) is 13.6 Å². The predicted molar refractivity (Wildman–Crippen MR) is 182 cm³/mol. The topological polar surface area (TPSA) is 201 Å². The number of carbonyl (C=O) groups is 6. The minimum Gasteiger partial charge on any atom is -0.423 e. The van der Waals surface area contributed by atoms with Crippen LogP contribution in [0.2, 0.25) is 0 Å². The highest BCUT2D eigenvalue weighted by Gasteiger charge is 2.43. The molecule has 3 aromatic rings. The fourth-order valence-electron chi connectivity index (χ4n) is 7.06. The molecule has 3 atom stereocenters. The van der Waals surface area contributed by atoms with E-state index in [-0.39, 0.29) is 76.3 Å². The van der Waals surface area contributed by atoms with Gasteiger partial charge in [0.05, 0.1) is 31.2 Å². The number of benzene rings is 3. The number of alkyl halides is 3. The molecule has 22 heteroatoms. The lowest BCUT2D eigenvalue weighted by atomic mass is 9.78. The Labute approximate surface area is 319 Å². The van der Waals surface area contributed by atoms with Crippen LogP contribution in [0.25, 0.3) is 0 Å². The lowest BCUT2D eigenvalue weighted by Crippen LogP contribution is -2.47. The van der Waals surface area contributed by atoms with Gasteiger partial charge in [-0.15, -0.1) is 5.06 Å². The summed E-state index contributed by atoms with van der Waals surface area (Å²) in [6.07, 6.45) is -6.35. The molecule has 57 heavy (non-hydrogen) atoms. The molecule has 0 aliphatic carbocycles. The van der Waals surface area contributed by atoms with E-state index in [1.807, 2.05) is 0 Å². The highest BCUT2D eigenvalue weighted by atomic mass is 19.4. The number of nitrogens with one attached hydrogen (secondary N) is 2. The number of hydroxylamine groups is 2. The largest absolute Gasteiger partial charge is 0.491 e. The molecule has 0 saturated carbocycles. The van der Waals surface area contributed by atoms with E-state index >= 15 is 4.39 Å². The van der Waals surface area contributed by atoms with Crippen molar-refractivity contribution in [2.75, 3.05) is 6.54 Å². The lowest BCUT2D eigenvalue weighted by molar-refractivity contribution is -0.197. The number of rotatable bonds is 9. The first-order valence-electron chi connectivity index (χ1n) is 17.4. The number of hydrogen-bond donors (Lipinski definition) is 4. The van der Waals surface area contributed by atoms with Crippen LogP contribution in [0.4, 0.5) is 22.0 Å². The Morgan fingerprint density at radius 1 is 0.877 bits per heavy atom. The van der Waals surface area contributed by atoms with Crippen LogP contribution < -0.4 is 21.6 Å². The Morgan fingerprint density at radius 2 is 1.44 bits per heavy atom. The molecule has 4 N–H and O–H groups in total. The minimum atomic E-state index is -4.74. The summed E-state index contributed by atoms with van der Waals surface area (Å²) in [6.45, 7) is -0.904. The second-order valence-electron chi connectivity index (χ2n) is 13.7. The first kappa shape index (κ1) is 39.5. The van der Waals surface area contributed by atoms with Gasteiger partial charge in [0.1, 0.15) is 17.7 Å². The summed E-state index contributed by atoms with van der Waals surface area (Å²) < 4.78 is 80.1. The van der Waals surface area contributed by atoms with Gasteiger partial charge in [-0.2, -0.15) is 13.2 Å². The third-order valence-electron chi connectivity index (χ3n) is 10.00. The molecule has 4 aliphatic heterocycles. The molecule has 2 fully saturated rings. The number of likely N-dealkylation sites (tertiary alicyclic amines) is 1. The molecule has 0 unspecified atom stereocenters. The molecular weight excluding hydrogens is 769 g/mol. The summed E-state index contributed by atoms with van der Waals surface area (Å²) in [4.78, 5) is 84.6. The van der Waals surface area contributed by atoms with E-state index in [0.29, 0.717) is 12.1 Å². The van der Waals surface area contributed by atoms with Crippen molar-refractivity contribution in [2.24, 2.45) is 0 Å². The molecule has 7 rings (SSSR count). The highest BCUT2D eigenvalue weighted by molar-refractivity contribution is 6.62. The monoisotopic (exact) mass is 798 g/mol. The number of amides is 5. The molecule has 5 amide bonds. The number of imide groups is 1. The predicted octanol–water partition coefficient (Wildman–Crippen LogP) is 0.287. The van der Waals surface area contributed by atoms with Gasteiger partial charge in [0.25, 0.3) is 23.6 Å². The maximum absolute atomic E-state index is 15.1. The Balaban J connectivity index is 1.17. The molecule has 3 aromatic carbocycles. The van der Waals surface area contributed by atoms with E-state index in [1.165, 1.54) is 12.1 Å². The fourth-order valence-corrected chi connectivity index (χ4v) is 7.06. The van der Waals surface area contributed by atoms with Crippen LogP contribution in [-0.4, -0.2) is 88.4 Å². The molecule has 4 heterocycles.